The third-order valence-corrected chi connectivity index (χ3v) is 4.00. The molecule has 1 aromatic carbocycles. The summed E-state index contributed by atoms with van der Waals surface area (Å²) in [7, 11) is 1.86. The molecule has 1 amide bonds. The SMILES string of the molecule is Cc1nn(C)c(C)c1NC(=O)CN(Cc1ccccc1)CC(C)(C)O. The molecule has 0 saturated carbocycles. The predicted molar refractivity (Wildman–Crippen MR) is 99.3 cm³/mol. The summed E-state index contributed by atoms with van der Waals surface area (Å²) < 4.78 is 1.75. The number of anilines is 1. The van der Waals surface area contributed by atoms with E-state index >= 15 is 0 Å². The van der Waals surface area contributed by atoms with E-state index in [9.17, 15) is 9.90 Å². The van der Waals surface area contributed by atoms with Crippen LogP contribution in [0, 0.1) is 13.8 Å². The molecule has 0 aliphatic rings. The van der Waals surface area contributed by atoms with Crippen molar-refractivity contribution in [1.29, 1.82) is 0 Å². The van der Waals surface area contributed by atoms with Crippen LogP contribution < -0.4 is 5.32 Å². The molecule has 6 nitrogen and oxygen atoms in total. The zero-order chi connectivity index (χ0) is 18.6. The van der Waals surface area contributed by atoms with Gasteiger partial charge in [0.05, 0.1) is 29.2 Å². The Morgan fingerprint density at radius 2 is 1.92 bits per heavy atom. The van der Waals surface area contributed by atoms with Crippen molar-refractivity contribution in [2.75, 3.05) is 18.4 Å². The molecule has 0 aliphatic heterocycles. The van der Waals surface area contributed by atoms with Crippen LogP contribution in [0.2, 0.25) is 0 Å². The molecule has 0 bridgehead atoms. The number of nitrogens with zero attached hydrogens (tertiary/aromatic N) is 3. The Morgan fingerprint density at radius 3 is 2.44 bits per heavy atom. The van der Waals surface area contributed by atoms with Crippen LogP contribution in [0.4, 0.5) is 5.69 Å². The second-order valence-electron chi connectivity index (χ2n) is 7.16. The van der Waals surface area contributed by atoms with Gasteiger partial charge in [-0.2, -0.15) is 5.10 Å². The van der Waals surface area contributed by atoms with E-state index in [-0.39, 0.29) is 12.5 Å². The first-order chi connectivity index (χ1) is 11.7. The molecule has 0 unspecified atom stereocenters. The van der Waals surface area contributed by atoms with Crippen LogP contribution in [0.3, 0.4) is 0 Å². The number of carbonyl (C=O) groups excluding carboxylic acids is 1. The van der Waals surface area contributed by atoms with Gasteiger partial charge in [0.2, 0.25) is 5.91 Å². The number of hydrogen-bond donors (Lipinski definition) is 2. The van der Waals surface area contributed by atoms with Crippen LogP contribution >= 0.6 is 0 Å². The first kappa shape index (κ1) is 19.1. The molecule has 0 fully saturated rings. The minimum atomic E-state index is -0.880. The highest BCUT2D eigenvalue weighted by Gasteiger charge is 2.21. The van der Waals surface area contributed by atoms with Gasteiger partial charge in [0.1, 0.15) is 0 Å². The molecule has 25 heavy (non-hydrogen) atoms. The lowest BCUT2D eigenvalue weighted by Crippen LogP contribution is -2.42. The fraction of sp³-hybridized carbons (Fsp3) is 0.474. The van der Waals surface area contributed by atoms with E-state index in [0.29, 0.717) is 13.1 Å². The van der Waals surface area contributed by atoms with Crippen molar-refractivity contribution in [3.8, 4) is 0 Å². The molecule has 0 atom stereocenters. The smallest absolute Gasteiger partial charge is 0.238 e. The first-order valence-corrected chi connectivity index (χ1v) is 8.44. The van der Waals surface area contributed by atoms with Gasteiger partial charge in [0, 0.05) is 20.1 Å². The maximum absolute atomic E-state index is 12.5. The number of carbonyl (C=O) groups is 1. The number of hydrogen-bond acceptors (Lipinski definition) is 4. The van der Waals surface area contributed by atoms with E-state index in [2.05, 4.69) is 10.4 Å². The zero-order valence-electron chi connectivity index (χ0n) is 15.7. The fourth-order valence-electron chi connectivity index (χ4n) is 2.89. The van der Waals surface area contributed by atoms with Crippen molar-refractivity contribution >= 4 is 11.6 Å². The Labute approximate surface area is 149 Å². The van der Waals surface area contributed by atoms with Crippen LogP contribution in [0.25, 0.3) is 0 Å². The largest absolute Gasteiger partial charge is 0.389 e. The third-order valence-electron chi connectivity index (χ3n) is 4.00. The number of amides is 1. The average Bonchev–Trinajstić information content (AvgIpc) is 2.73. The topological polar surface area (TPSA) is 70.4 Å². The number of nitrogens with one attached hydrogen (secondary N) is 1. The number of aromatic nitrogens is 2. The lowest BCUT2D eigenvalue weighted by molar-refractivity contribution is -0.118. The Bertz CT molecular complexity index is 717. The number of aliphatic hydroxyl groups is 1. The van der Waals surface area contributed by atoms with Crippen LogP contribution in [0.5, 0.6) is 0 Å². The molecule has 0 aliphatic carbocycles. The molecule has 1 heterocycles. The molecule has 2 N–H and O–H groups in total. The van der Waals surface area contributed by atoms with Gasteiger partial charge in [-0.05, 0) is 33.3 Å². The molecule has 136 valence electrons. The van der Waals surface area contributed by atoms with E-state index in [1.54, 1.807) is 18.5 Å². The summed E-state index contributed by atoms with van der Waals surface area (Å²) in [4.78, 5) is 14.5. The molecule has 6 heteroatoms. The van der Waals surface area contributed by atoms with Crippen molar-refractivity contribution in [1.82, 2.24) is 14.7 Å². The van der Waals surface area contributed by atoms with Gasteiger partial charge in [0.15, 0.2) is 0 Å². The Morgan fingerprint density at radius 1 is 1.28 bits per heavy atom. The molecule has 0 spiro atoms. The van der Waals surface area contributed by atoms with Crippen molar-refractivity contribution in [3.63, 3.8) is 0 Å². The second-order valence-corrected chi connectivity index (χ2v) is 7.16. The molecule has 0 radical (unpaired) electrons. The Kier molecular flexibility index (Phi) is 5.98. The van der Waals surface area contributed by atoms with Crippen molar-refractivity contribution in [2.45, 2.75) is 39.8 Å². The average molecular weight is 344 g/mol. The maximum atomic E-state index is 12.5. The van der Waals surface area contributed by atoms with Crippen LogP contribution in [0.15, 0.2) is 30.3 Å². The summed E-state index contributed by atoms with van der Waals surface area (Å²) in [5.41, 5.74) is 2.70. The molecular weight excluding hydrogens is 316 g/mol. The molecular formula is C19H28N4O2. The summed E-state index contributed by atoms with van der Waals surface area (Å²) in [6, 6.07) is 9.94. The lowest BCUT2D eigenvalue weighted by Gasteiger charge is -2.28. The minimum Gasteiger partial charge on any atom is -0.389 e. The van der Waals surface area contributed by atoms with Crippen LogP contribution in [0.1, 0.15) is 30.8 Å². The highest BCUT2D eigenvalue weighted by atomic mass is 16.3. The third kappa shape index (κ3) is 5.69. The van der Waals surface area contributed by atoms with E-state index < -0.39 is 5.60 Å². The summed E-state index contributed by atoms with van der Waals surface area (Å²) in [6.07, 6.45) is 0. The van der Waals surface area contributed by atoms with Gasteiger partial charge < -0.3 is 10.4 Å². The second kappa shape index (κ2) is 7.80. The predicted octanol–water partition coefficient (Wildman–Crippen LogP) is 2.25. The van der Waals surface area contributed by atoms with Gasteiger partial charge in [-0.25, -0.2) is 0 Å². The molecule has 1 aromatic heterocycles. The summed E-state index contributed by atoms with van der Waals surface area (Å²) in [5.74, 6) is -0.112. The van der Waals surface area contributed by atoms with Gasteiger partial charge in [-0.3, -0.25) is 14.4 Å². The fourth-order valence-corrected chi connectivity index (χ4v) is 2.89. The molecule has 2 rings (SSSR count). The molecule has 0 saturated heterocycles. The number of aryl methyl sites for hydroxylation is 2. The zero-order valence-corrected chi connectivity index (χ0v) is 15.7. The minimum absolute atomic E-state index is 0.112. The highest BCUT2D eigenvalue weighted by Crippen LogP contribution is 2.18. The van der Waals surface area contributed by atoms with Crippen molar-refractivity contribution < 1.29 is 9.90 Å². The number of rotatable bonds is 7. The Hall–Kier alpha value is -2.18. The summed E-state index contributed by atoms with van der Waals surface area (Å²) in [5, 5.41) is 17.4. The van der Waals surface area contributed by atoms with Gasteiger partial charge >= 0.3 is 0 Å². The maximum Gasteiger partial charge on any atom is 0.238 e. The summed E-state index contributed by atoms with van der Waals surface area (Å²) in [6.45, 7) is 8.50. The van der Waals surface area contributed by atoms with Gasteiger partial charge in [0.25, 0.3) is 0 Å². The van der Waals surface area contributed by atoms with Crippen molar-refractivity contribution in [2.24, 2.45) is 7.05 Å². The van der Waals surface area contributed by atoms with Gasteiger partial charge in [-0.1, -0.05) is 30.3 Å². The first-order valence-electron chi connectivity index (χ1n) is 8.44. The standard InChI is InChI=1S/C19H28N4O2/c1-14-18(15(2)22(5)21-14)20-17(24)12-23(13-19(3,4)25)11-16-9-7-6-8-10-16/h6-10,25H,11-13H2,1-5H3,(H,20,24). The van der Waals surface area contributed by atoms with E-state index in [1.807, 2.05) is 56.1 Å². The monoisotopic (exact) mass is 344 g/mol. The van der Waals surface area contributed by atoms with E-state index in [0.717, 1.165) is 22.6 Å². The molecule has 2 aromatic rings. The quantitative estimate of drug-likeness (QED) is 0.808. The highest BCUT2D eigenvalue weighted by molar-refractivity contribution is 5.93. The van der Waals surface area contributed by atoms with Crippen molar-refractivity contribution in [3.05, 3.63) is 47.3 Å². The normalized spacial score (nSPS) is 11.8. The van der Waals surface area contributed by atoms with E-state index in [1.165, 1.54) is 0 Å². The lowest BCUT2D eigenvalue weighted by atomic mass is 10.1. The van der Waals surface area contributed by atoms with Crippen LogP contribution in [-0.4, -0.2) is 44.4 Å². The van der Waals surface area contributed by atoms with Gasteiger partial charge in [-0.15, -0.1) is 0 Å². The van der Waals surface area contributed by atoms with Crippen LogP contribution in [-0.2, 0) is 18.4 Å². The van der Waals surface area contributed by atoms with E-state index in [4.69, 9.17) is 0 Å². The summed E-state index contributed by atoms with van der Waals surface area (Å²) >= 11 is 0. The number of benzene rings is 1. The Balaban J connectivity index is 2.08.